The van der Waals surface area contributed by atoms with Crippen LogP contribution in [-0.4, -0.2) is 43.0 Å². The van der Waals surface area contributed by atoms with Crippen LogP contribution in [0.5, 0.6) is 11.5 Å². The molecule has 0 saturated heterocycles. The summed E-state index contributed by atoms with van der Waals surface area (Å²) in [5, 5.41) is 14.4. The fraction of sp³-hybridized carbons (Fsp3) is 0.296. The first kappa shape index (κ1) is 24.2. The summed E-state index contributed by atoms with van der Waals surface area (Å²) < 4.78 is 11.0. The van der Waals surface area contributed by atoms with Crippen molar-refractivity contribution in [3.63, 3.8) is 0 Å². The van der Waals surface area contributed by atoms with Crippen LogP contribution in [0.25, 0.3) is 0 Å². The van der Waals surface area contributed by atoms with Gasteiger partial charge in [-0.15, -0.1) is 0 Å². The van der Waals surface area contributed by atoms with Crippen LogP contribution in [-0.2, 0) is 11.2 Å². The van der Waals surface area contributed by atoms with Gasteiger partial charge in [0, 0.05) is 12.6 Å². The Morgan fingerprint density at radius 1 is 1.09 bits per heavy atom. The third-order valence-corrected chi connectivity index (χ3v) is 6.61. The van der Waals surface area contributed by atoms with Crippen LogP contribution < -0.4 is 14.8 Å². The number of nitrogens with one attached hydrogen (secondary N) is 1. The minimum atomic E-state index is -0.467. The summed E-state index contributed by atoms with van der Waals surface area (Å²) >= 11 is 0. The third-order valence-electron chi connectivity index (χ3n) is 6.61. The maximum atomic E-state index is 13.2. The number of amides is 1. The van der Waals surface area contributed by atoms with Gasteiger partial charge in [0.15, 0.2) is 11.5 Å². The Morgan fingerprint density at radius 2 is 1.77 bits per heavy atom. The number of anilines is 1. The number of hydrogen-bond donors (Lipinski definition) is 1. The van der Waals surface area contributed by atoms with E-state index in [1.165, 1.54) is 6.07 Å². The Balaban J connectivity index is 1.68. The van der Waals surface area contributed by atoms with Gasteiger partial charge in [0.1, 0.15) is 5.69 Å². The number of carbonyl (C=O) groups is 1. The van der Waals surface area contributed by atoms with Gasteiger partial charge in [0.2, 0.25) is 5.91 Å². The van der Waals surface area contributed by atoms with Gasteiger partial charge in [0.25, 0.3) is 5.69 Å². The number of nitro benzene ring substituents is 1. The molecule has 35 heavy (non-hydrogen) atoms. The van der Waals surface area contributed by atoms with E-state index in [-0.39, 0.29) is 29.9 Å². The molecule has 1 aliphatic rings. The van der Waals surface area contributed by atoms with Gasteiger partial charge in [-0.05, 0) is 60.2 Å². The Bertz CT molecular complexity index is 1260. The van der Waals surface area contributed by atoms with E-state index in [4.69, 9.17) is 9.47 Å². The van der Waals surface area contributed by atoms with Crippen LogP contribution in [0.4, 0.5) is 11.4 Å². The number of carbonyl (C=O) groups excluding carboxylic acids is 1. The normalized spacial score (nSPS) is 15.3. The van der Waals surface area contributed by atoms with E-state index >= 15 is 0 Å². The Morgan fingerprint density at radius 3 is 2.43 bits per heavy atom. The second-order valence-electron chi connectivity index (χ2n) is 8.65. The molecule has 0 saturated carbocycles. The minimum absolute atomic E-state index is 0.0812. The van der Waals surface area contributed by atoms with Gasteiger partial charge in [0.05, 0.1) is 31.7 Å². The minimum Gasteiger partial charge on any atom is -0.493 e. The zero-order chi connectivity index (χ0) is 25.1. The summed E-state index contributed by atoms with van der Waals surface area (Å²) in [5.41, 5.74) is 4.94. The van der Waals surface area contributed by atoms with E-state index in [1.807, 2.05) is 49.4 Å². The van der Waals surface area contributed by atoms with E-state index < -0.39 is 4.92 Å². The number of ether oxygens (including phenoxy) is 2. The van der Waals surface area contributed by atoms with Crippen molar-refractivity contribution in [1.82, 2.24) is 4.90 Å². The molecular formula is C27H29N3O5. The lowest BCUT2D eigenvalue weighted by molar-refractivity contribution is -0.384. The third kappa shape index (κ3) is 4.83. The van der Waals surface area contributed by atoms with E-state index in [0.717, 1.165) is 28.7 Å². The molecule has 3 aromatic rings. The molecule has 1 atom stereocenters. The zero-order valence-electron chi connectivity index (χ0n) is 20.3. The van der Waals surface area contributed by atoms with Crippen LogP contribution in [0.2, 0.25) is 0 Å². The fourth-order valence-corrected chi connectivity index (χ4v) is 4.67. The number of hydrogen-bond acceptors (Lipinski definition) is 6. The lowest BCUT2D eigenvalue weighted by Crippen LogP contribution is -2.41. The summed E-state index contributed by atoms with van der Waals surface area (Å²) in [7, 11) is 3.22. The highest BCUT2D eigenvalue weighted by molar-refractivity contribution is 5.95. The maximum Gasteiger partial charge on any atom is 0.293 e. The second-order valence-corrected chi connectivity index (χ2v) is 8.65. The van der Waals surface area contributed by atoms with Crippen molar-refractivity contribution >= 4 is 17.3 Å². The van der Waals surface area contributed by atoms with E-state index in [2.05, 4.69) is 10.2 Å². The largest absolute Gasteiger partial charge is 0.493 e. The van der Waals surface area contributed by atoms with Gasteiger partial charge < -0.3 is 14.8 Å². The van der Waals surface area contributed by atoms with Crippen molar-refractivity contribution in [2.75, 3.05) is 32.6 Å². The molecule has 0 spiro atoms. The molecule has 182 valence electrons. The van der Waals surface area contributed by atoms with Crippen LogP contribution >= 0.6 is 0 Å². The molecular weight excluding hydrogens is 446 g/mol. The van der Waals surface area contributed by atoms with Crippen molar-refractivity contribution in [3.8, 4) is 11.5 Å². The van der Waals surface area contributed by atoms with Gasteiger partial charge in [-0.25, -0.2) is 0 Å². The smallest absolute Gasteiger partial charge is 0.293 e. The first-order valence-electron chi connectivity index (χ1n) is 11.4. The van der Waals surface area contributed by atoms with Crippen molar-refractivity contribution in [2.24, 2.45) is 0 Å². The Labute approximate surface area is 204 Å². The second kappa shape index (κ2) is 10.1. The SMILES string of the molecule is COc1cc2c(cc1OC)[C@H](c1ccccc1)N(CC(=O)Nc1c([N+](=O)[O-])ccc(C)c1C)CC2. The molecule has 0 radical (unpaired) electrons. The first-order valence-corrected chi connectivity index (χ1v) is 11.4. The van der Waals surface area contributed by atoms with Crippen molar-refractivity contribution in [2.45, 2.75) is 26.3 Å². The molecule has 0 aliphatic carbocycles. The molecule has 0 unspecified atom stereocenters. The number of fused-ring (bicyclic) bond motifs is 1. The van der Waals surface area contributed by atoms with Gasteiger partial charge in [-0.3, -0.25) is 19.8 Å². The lowest BCUT2D eigenvalue weighted by atomic mass is 9.87. The summed E-state index contributed by atoms with van der Waals surface area (Å²) in [6.45, 7) is 4.37. The molecule has 0 aromatic heterocycles. The van der Waals surface area contributed by atoms with E-state index in [9.17, 15) is 14.9 Å². The van der Waals surface area contributed by atoms with Crippen molar-refractivity contribution in [3.05, 3.63) is 92.5 Å². The Kier molecular flexibility index (Phi) is 7.02. The number of rotatable bonds is 7. The molecule has 1 aliphatic heterocycles. The maximum absolute atomic E-state index is 13.2. The highest BCUT2D eigenvalue weighted by atomic mass is 16.6. The summed E-state index contributed by atoms with van der Waals surface area (Å²) in [5.74, 6) is 1.00. The monoisotopic (exact) mass is 475 g/mol. The number of nitro groups is 1. The van der Waals surface area contributed by atoms with Crippen LogP contribution in [0, 0.1) is 24.0 Å². The van der Waals surface area contributed by atoms with E-state index in [1.54, 1.807) is 27.2 Å². The first-order chi connectivity index (χ1) is 16.8. The molecule has 1 amide bonds. The molecule has 3 aromatic carbocycles. The van der Waals surface area contributed by atoms with Crippen molar-refractivity contribution in [1.29, 1.82) is 0 Å². The molecule has 0 fully saturated rings. The molecule has 4 rings (SSSR count). The van der Waals surface area contributed by atoms with Gasteiger partial charge in [-0.2, -0.15) is 0 Å². The quantitative estimate of drug-likeness (QED) is 0.389. The predicted molar refractivity (Wildman–Crippen MR) is 134 cm³/mol. The number of benzene rings is 3. The number of nitrogens with zero attached hydrogens (tertiary/aromatic N) is 2. The summed E-state index contributed by atoms with van der Waals surface area (Å²) in [6.07, 6.45) is 0.732. The van der Waals surface area contributed by atoms with Gasteiger partial charge >= 0.3 is 0 Å². The average Bonchev–Trinajstić information content (AvgIpc) is 2.86. The average molecular weight is 476 g/mol. The standard InChI is InChI=1S/C27H29N3O5/c1-17-10-11-22(30(32)33)26(18(17)2)28-25(31)16-29-13-12-20-14-23(34-3)24(35-4)15-21(20)27(29)19-8-6-5-7-9-19/h5-11,14-15,27H,12-13,16H2,1-4H3,(H,28,31)/t27-/m0/s1. The molecule has 0 bridgehead atoms. The number of aryl methyl sites for hydroxylation is 1. The topological polar surface area (TPSA) is 93.9 Å². The summed E-state index contributed by atoms with van der Waals surface area (Å²) in [4.78, 5) is 26.4. The molecule has 1 N–H and O–H groups in total. The highest BCUT2D eigenvalue weighted by Gasteiger charge is 2.32. The summed E-state index contributed by atoms with van der Waals surface area (Å²) in [6, 6.07) is 16.9. The Hall–Kier alpha value is -3.91. The molecule has 8 nitrogen and oxygen atoms in total. The zero-order valence-corrected chi connectivity index (χ0v) is 20.3. The number of methoxy groups -OCH3 is 2. The van der Waals surface area contributed by atoms with E-state index in [0.29, 0.717) is 23.6 Å². The fourth-order valence-electron chi connectivity index (χ4n) is 4.67. The lowest BCUT2D eigenvalue weighted by Gasteiger charge is -2.37. The van der Waals surface area contributed by atoms with Crippen molar-refractivity contribution < 1.29 is 19.2 Å². The predicted octanol–water partition coefficient (Wildman–Crippen LogP) is 4.82. The van der Waals surface area contributed by atoms with Crippen LogP contribution in [0.1, 0.15) is 33.9 Å². The molecule has 8 heteroatoms. The van der Waals surface area contributed by atoms with Gasteiger partial charge in [-0.1, -0.05) is 36.4 Å². The highest BCUT2D eigenvalue weighted by Crippen LogP contribution is 2.41. The van der Waals surface area contributed by atoms with Crippen LogP contribution in [0.15, 0.2) is 54.6 Å². The molecule has 1 heterocycles. The van der Waals surface area contributed by atoms with Crippen LogP contribution in [0.3, 0.4) is 0 Å².